The third-order valence-corrected chi connectivity index (χ3v) is 3.59. The Labute approximate surface area is 105 Å². The standard InChI is InChI=1S/C12H18N6/c13-11-10-12(16-7-15-10)18-9(17-11)2-1-8-3-5-14-6-4-8/h7-8,14H,1-6H2,(H3,13,15,16,17,18). The fourth-order valence-electron chi connectivity index (χ4n) is 2.52. The Hall–Kier alpha value is -1.69. The summed E-state index contributed by atoms with van der Waals surface area (Å²) in [5.41, 5.74) is 7.28. The van der Waals surface area contributed by atoms with E-state index in [9.17, 15) is 0 Å². The Balaban J connectivity index is 1.70. The first-order valence-corrected chi connectivity index (χ1v) is 6.49. The molecule has 0 amide bonds. The summed E-state index contributed by atoms with van der Waals surface area (Å²) in [7, 11) is 0. The van der Waals surface area contributed by atoms with Gasteiger partial charge in [0.1, 0.15) is 11.3 Å². The number of nitrogens with zero attached hydrogens (tertiary/aromatic N) is 3. The summed E-state index contributed by atoms with van der Waals surface area (Å²) < 4.78 is 0. The maximum absolute atomic E-state index is 5.88. The van der Waals surface area contributed by atoms with E-state index in [1.54, 1.807) is 6.33 Å². The summed E-state index contributed by atoms with van der Waals surface area (Å²) in [6, 6.07) is 0. The third kappa shape index (κ3) is 2.28. The van der Waals surface area contributed by atoms with E-state index in [0.29, 0.717) is 11.5 Å². The number of hydrogen-bond acceptors (Lipinski definition) is 5. The molecule has 2 aromatic heterocycles. The van der Waals surface area contributed by atoms with Crippen LogP contribution in [0, 0.1) is 5.92 Å². The molecule has 18 heavy (non-hydrogen) atoms. The topological polar surface area (TPSA) is 92.5 Å². The lowest BCUT2D eigenvalue weighted by molar-refractivity contribution is 0.352. The summed E-state index contributed by atoms with van der Waals surface area (Å²) in [5, 5.41) is 3.38. The minimum atomic E-state index is 0.498. The fourth-order valence-corrected chi connectivity index (χ4v) is 2.52. The van der Waals surface area contributed by atoms with Crippen LogP contribution in [0.1, 0.15) is 25.1 Å². The van der Waals surface area contributed by atoms with E-state index < -0.39 is 0 Å². The highest BCUT2D eigenvalue weighted by Crippen LogP contribution is 2.19. The van der Waals surface area contributed by atoms with Crippen molar-refractivity contribution >= 4 is 17.0 Å². The largest absolute Gasteiger partial charge is 0.382 e. The first-order valence-electron chi connectivity index (χ1n) is 6.49. The van der Waals surface area contributed by atoms with Gasteiger partial charge in [-0.2, -0.15) is 0 Å². The van der Waals surface area contributed by atoms with Crippen molar-refractivity contribution < 1.29 is 0 Å². The maximum Gasteiger partial charge on any atom is 0.183 e. The lowest BCUT2D eigenvalue weighted by atomic mass is 9.93. The Bertz CT molecular complexity index is 528. The summed E-state index contributed by atoms with van der Waals surface area (Å²) in [5.74, 6) is 2.09. The van der Waals surface area contributed by atoms with Crippen LogP contribution in [-0.2, 0) is 6.42 Å². The zero-order valence-electron chi connectivity index (χ0n) is 10.3. The van der Waals surface area contributed by atoms with Gasteiger partial charge in [0, 0.05) is 6.42 Å². The van der Waals surface area contributed by atoms with Crippen molar-refractivity contribution in [2.75, 3.05) is 18.8 Å². The van der Waals surface area contributed by atoms with Gasteiger partial charge >= 0.3 is 0 Å². The van der Waals surface area contributed by atoms with Crippen LogP contribution >= 0.6 is 0 Å². The first-order chi connectivity index (χ1) is 8.83. The lowest BCUT2D eigenvalue weighted by Crippen LogP contribution is -2.28. The van der Waals surface area contributed by atoms with Crippen molar-refractivity contribution in [3.05, 3.63) is 12.2 Å². The van der Waals surface area contributed by atoms with E-state index in [-0.39, 0.29) is 0 Å². The normalized spacial score (nSPS) is 17.3. The quantitative estimate of drug-likeness (QED) is 0.747. The van der Waals surface area contributed by atoms with Gasteiger partial charge in [-0.05, 0) is 38.3 Å². The van der Waals surface area contributed by atoms with Gasteiger partial charge in [-0.1, -0.05) is 0 Å². The summed E-state index contributed by atoms with van der Waals surface area (Å²) in [6.07, 6.45) is 6.13. The van der Waals surface area contributed by atoms with E-state index in [0.717, 1.165) is 43.2 Å². The monoisotopic (exact) mass is 246 g/mol. The van der Waals surface area contributed by atoms with Crippen molar-refractivity contribution in [2.45, 2.75) is 25.7 Å². The molecule has 6 heteroatoms. The van der Waals surface area contributed by atoms with E-state index in [1.165, 1.54) is 12.8 Å². The van der Waals surface area contributed by atoms with Gasteiger partial charge in [-0.3, -0.25) is 0 Å². The number of nitrogens with one attached hydrogen (secondary N) is 2. The van der Waals surface area contributed by atoms with Gasteiger partial charge in [0.2, 0.25) is 0 Å². The zero-order valence-corrected chi connectivity index (χ0v) is 10.3. The molecule has 1 fully saturated rings. The molecule has 6 nitrogen and oxygen atoms in total. The second-order valence-corrected chi connectivity index (χ2v) is 4.86. The molecule has 0 spiro atoms. The minimum absolute atomic E-state index is 0.498. The van der Waals surface area contributed by atoms with Crippen LogP contribution < -0.4 is 11.1 Å². The van der Waals surface area contributed by atoms with Crippen LogP contribution in [0.5, 0.6) is 0 Å². The molecular formula is C12H18N6. The van der Waals surface area contributed by atoms with E-state index in [2.05, 4.69) is 25.3 Å². The average Bonchev–Trinajstić information content (AvgIpc) is 2.86. The number of nitrogen functional groups attached to an aromatic ring is 1. The minimum Gasteiger partial charge on any atom is -0.382 e. The molecule has 1 aliphatic heterocycles. The number of piperidine rings is 1. The molecule has 1 aliphatic rings. The number of anilines is 1. The van der Waals surface area contributed by atoms with Crippen molar-refractivity contribution in [1.82, 2.24) is 25.3 Å². The maximum atomic E-state index is 5.88. The van der Waals surface area contributed by atoms with Gasteiger partial charge in [0.25, 0.3) is 0 Å². The Morgan fingerprint density at radius 2 is 2.11 bits per heavy atom. The predicted molar refractivity (Wildman–Crippen MR) is 70.0 cm³/mol. The number of aryl methyl sites for hydroxylation is 1. The van der Waals surface area contributed by atoms with E-state index in [4.69, 9.17) is 5.73 Å². The number of imidazole rings is 1. The van der Waals surface area contributed by atoms with Gasteiger partial charge in [0.15, 0.2) is 11.5 Å². The van der Waals surface area contributed by atoms with Crippen LogP contribution in [0.25, 0.3) is 11.2 Å². The highest BCUT2D eigenvalue weighted by Gasteiger charge is 2.14. The smallest absolute Gasteiger partial charge is 0.183 e. The molecule has 0 aliphatic carbocycles. The number of H-pyrrole nitrogens is 1. The number of hydrogen-bond donors (Lipinski definition) is 3. The molecule has 4 N–H and O–H groups in total. The molecule has 0 unspecified atom stereocenters. The molecule has 96 valence electrons. The fraction of sp³-hybridized carbons (Fsp3) is 0.583. The SMILES string of the molecule is Nc1nc(CCC2CCNCC2)nc2nc[nH]c12. The Kier molecular flexibility index (Phi) is 3.10. The molecule has 0 saturated carbocycles. The molecule has 0 radical (unpaired) electrons. The Morgan fingerprint density at radius 3 is 2.94 bits per heavy atom. The molecule has 3 heterocycles. The summed E-state index contributed by atoms with van der Waals surface area (Å²) in [6.45, 7) is 2.26. The van der Waals surface area contributed by atoms with Gasteiger partial charge in [-0.25, -0.2) is 15.0 Å². The molecule has 0 atom stereocenters. The molecule has 1 saturated heterocycles. The van der Waals surface area contributed by atoms with E-state index in [1.807, 2.05) is 0 Å². The molecule has 2 aromatic rings. The molecule has 0 aromatic carbocycles. The molecular weight excluding hydrogens is 228 g/mol. The second-order valence-electron chi connectivity index (χ2n) is 4.86. The van der Waals surface area contributed by atoms with Crippen molar-refractivity contribution in [3.8, 4) is 0 Å². The number of aromatic amines is 1. The molecule has 0 bridgehead atoms. The van der Waals surface area contributed by atoms with Gasteiger partial charge < -0.3 is 16.0 Å². The van der Waals surface area contributed by atoms with Gasteiger partial charge in [0.05, 0.1) is 6.33 Å². The molecule has 3 rings (SSSR count). The number of aromatic nitrogens is 4. The van der Waals surface area contributed by atoms with E-state index >= 15 is 0 Å². The average molecular weight is 246 g/mol. The van der Waals surface area contributed by atoms with Crippen LogP contribution in [0.4, 0.5) is 5.82 Å². The highest BCUT2D eigenvalue weighted by molar-refractivity contribution is 5.80. The number of nitrogens with two attached hydrogens (primary N) is 1. The number of fused-ring (bicyclic) bond motifs is 1. The van der Waals surface area contributed by atoms with Crippen LogP contribution in [-0.4, -0.2) is 33.0 Å². The first kappa shape index (κ1) is 11.4. The van der Waals surface area contributed by atoms with Crippen molar-refractivity contribution in [3.63, 3.8) is 0 Å². The van der Waals surface area contributed by atoms with Crippen LogP contribution in [0.15, 0.2) is 6.33 Å². The summed E-state index contributed by atoms with van der Waals surface area (Å²) in [4.78, 5) is 15.9. The Morgan fingerprint density at radius 1 is 1.28 bits per heavy atom. The van der Waals surface area contributed by atoms with Crippen LogP contribution in [0.2, 0.25) is 0 Å². The third-order valence-electron chi connectivity index (χ3n) is 3.59. The number of rotatable bonds is 3. The summed E-state index contributed by atoms with van der Waals surface area (Å²) >= 11 is 0. The zero-order chi connectivity index (χ0) is 12.4. The van der Waals surface area contributed by atoms with Crippen molar-refractivity contribution in [2.24, 2.45) is 5.92 Å². The predicted octanol–water partition coefficient (Wildman–Crippen LogP) is 0.867. The highest BCUT2D eigenvalue weighted by atomic mass is 15.0. The van der Waals surface area contributed by atoms with Gasteiger partial charge in [-0.15, -0.1) is 0 Å². The second kappa shape index (κ2) is 4.89. The van der Waals surface area contributed by atoms with Crippen molar-refractivity contribution in [1.29, 1.82) is 0 Å². The van der Waals surface area contributed by atoms with Crippen LogP contribution in [0.3, 0.4) is 0 Å². The lowest BCUT2D eigenvalue weighted by Gasteiger charge is -2.22.